The number of ether oxygens (including phenoxy) is 1. The predicted octanol–water partition coefficient (Wildman–Crippen LogP) is 3.20. The standard InChI is InChI=1S/C13H12Cl3N3O2/c1-8-11(12(20)13(14,15)16)17-18-19(8)7-9-3-5-10(21-2)6-4-9/h3-6H,7H2,1-2H3. The lowest BCUT2D eigenvalue weighted by Gasteiger charge is -2.08. The van der Waals surface area contributed by atoms with Crippen LogP contribution in [-0.2, 0) is 6.54 Å². The Labute approximate surface area is 136 Å². The Morgan fingerprint density at radius 3 is 2.43 bits per heavy atom. The lowest BCUT2D eigenvalue weighted by Crippen LogP contribution is -2.20. The molecule has 112 valence electrons. The molecule has 0 radical (unpaired) electrons. The minimum Gasteiger partial charge on any atom is -0.497 e. The number of rotatable bonds is 4. The zero-order chi connectivity index (χ0) is 15.6. The van der Waals surface area contributed by atoms with Crippen molar-refractivity contribution in [2.45, 2.75) is 17.3 Å². The van der Waals surface area contributed by atoms with E-state index in [0.717, 1.165) is 11.3 Å². The largest absolute Gasteiger partial charge is 0.497 e. The van der Waals surface area contributed by atoms with E-state index in [1.54, 1.807) is 18.7 Å². The number of hydrogen-bond acceptors (Lipinski definition) is 4. The van der Waals surface area contributed by atoms with Gasteiger partial charge in [0.25, 0.3) is 3.79 Å². The van der Waals surface area contributed by atoms with Crippen LogP contribution in [0, 0.1) is 6.92 Å². The van der Waals surface area contributed by atoms with E-state index < -0.39 is 9.58 Å². The topological polar surface area (TPSA) is 57.0 Å². The highest BCUT2D eigenvalue weighted by molar-refractivity contribution is 6.77. The number of methoxy groups -OCH3 is 1. The molecule has 0 bridgehead atoms. The molecule has 21 heavy (non-hydrogen) atoms. The van der Waals surface area contributed by atoms with Crippen LogP contribution < -0.4 is 4.74 Å². The molecule has 0 saturated carbocycles. The molecule has 0 aliphatic heterocycles. The van der Waals surface area contributed by atoms with Gasteiger partial charge in [-0.05, 0) is 24.6 Å². The summed E-state index contributed by atoms with van der Waals surface area (Å²) in [7, 11) is 1.60. The fourth-order valence-corrected chi connectivity index (χ4v) is 2.03. The molecule has 0 N–H and O–H groups in total. The number of alkyl halides is 3. The molecule has 0 fully saturated rings. The molecule has 1 heterocycles. The third-order valence-electron chi connectivity index (χ3n) is 2.95. The Morgan fingerprint density at radius 1 is 1.29 bits per heavy atom. The van der Waals surface area contributed by atoms with Gasteiger partial charge >= 0.3 is 0 Å². The highest BCUT2D eigenvalue weighted by atomic mass is 35.6. The van der Waals surface area contributed by atoms with Crippen LogP contribution in [0.5, 0.6) is 5.75 Å². The van der Waals surface area contributed by atoms with E-state index in [1.165, 1.54) is 0 Å². The molecule has 0 saturated heterocycles. The van der Waals surface area contributed by atoms with E-state index in [-0.39, 0.29) is 5.69 Å². The third kappa shape index (κ3) is 3.67. The van der Waals surface area contributed by atoms with Crippen molar-refractivity contribution in [1.29, 1.82) is 0 Å². The number of hydrogen-bond donors (Lipinski definition) is 0. The van der Waals surface area contributed by atoms with Crippen LogP contribution in [-0.4, -0.2) is 31.7 Å². The predicted molar refractivity (Wildman–Crippen MR) is 81.5 cm³/mol. The summed E-state index contributed by atoms with van der Waals surface area (Å²) >= 11 is 16.8. The molecule has 0 amide bonds. The van der Waals surface area contributed by atoms with Crippen molar-refractivity contribution in [2.24, 2.45) is 0 Å². The van der Waals surface area contributed by atoms with Crippen molar-refractivity contribution in [3.63, 3.8) is 0 Å². The molecular formula is C13H12Cl3N3O2. The Kier molecular flexibility index (Phi) is 4.76. The molecule has 0 atom stereocenters. The number of benzene rings is 1. The summed E-state index contributed by atoms with van der Waals surface area (Å²) in [5, 5.41) is 7.72. The van der Waals surface area contributed by atoms with Crippen molar-refractivity contribution in [1.82, 2.24) is 15.0 Å². The van der Waals surface area contributed by atoms with Gasteiger partial charge in [0.05, 0.1) is 19.3 Å². The quantitative estimate of drug-likeness (QED) is 0.629. The number of ketones is 1. The van der Waals surface area contributed by atoms with Crippen LogP contribution in [0.2, 0.25) is 0 Å². The van der Waals surface area contributed by atoms with E-state index in [4.69, 9.17) is 39.5 Å². The van der Waals surface area contributed by atoms with Crippen LogP contribution in [0.3, 0.4) is 0 Å². The molecule has 0 unspecified atom stereocenters. The van der Waals surface area contributed by atoms with Crippen molar-refractivity contribution in [3.8, 4) is 5.75 Å². The zero-order valence-electron chi connectivity index (χ0n) is 11.3. The molecule has 2 aromatic rings. The summed E-state index contributed by atoms with van der Waals surface area (Å²) in [6, 6.07) is 7.48. The molecule has 2 rings (SSSR count). The molecule has 8 heteroatoms. The van der Waals surface area contributed by atoms with Gasteiger partial charge in [-0.2, -0.15) is 0 Å². The van der Waals surface area contributed by atoms with Crippen molar-refractivity contribution in [2.75, 3.05) is 7.11 Å². The monoisotopic (exact) mass is 347 g/mol. The molecule has 5 nitrogen and oxygen atoms in total. The Morgan fingerprint density at radius 2 is 1.90 bits per heavy atom. The fourth-order valence-electron chi connectivity index (χ4n) is 1.76. The van der Waals surface area contributed by atoms with Gasteiger partial charge in [-0.1, -0.05) is 52.1 Å². The summed E-state index contributed by atoms with van der Waals surface area (Å²) in [5.41, 5.74) is 1.59. The van der Waals surface area contributed by atoms with E-state index in [9.17, 15) is 4.79 Å². The van der Waals surface area contributed by atoms with Gasteiger partial charge in [0, 0.05) is 0 Å². The van der Waals surface area contributed by atoms with Gasteiger partial charge in [0.2, 0.25) is 5.78 Å². The van der Waals surface area contributed by atoms with Gasteiger partial charge in [-0.3, -0.25) is 4.79 Å². The number of nitrogens with zero attached hydrogens (tertiary/aromatic N) is 3. The van der Waals surface area contributed by atoms with Crippen LogP contribution in [0.25, 0.3) is 0 Å². The summed E-state index contributed by atoms with van der Waals surface area (Å²) < 4.78 is 4.63. The smallest absolute Gasteiger partial charge is 0.255 e. The first kappa shape index (κ1) is 16.1. The molecule has 0 aliphatic carbocycles. The summed E-state index contributed by atoms with van der Waals surface area (Å²) in [6.07, 6.45) is 0. The van der Waals surface area contributed by atoms with E-state index in [0.29, 0.717) is 12.2 Å². The number of halogens is 3. The fraction of sp³-hybridized carbons (Fsp3) is 0.308. The van der Waals surface area contributed by atoms with Crippen LogP contribution in [0.15, 0.2) is 24.3 Å². The minimum absolute atomic E-state index is 0.0588. The third-order valence-corrected chi connectivity index (χ3v) is 3.46. The SMILES string of the molecule is COc1ccc(Cn2nnc(C(=O)C(Cl)(Cl)Cl)c2C)cc1. The normalized spacial score (nSPS) is 11.5. The van der Waals surface area contributed by atoms with Crippen LogP contribution in [0.4, 0.5) is 0 Å². The van der Waals surface area contributed by atoms with Crippen LogP contribution >= 0.6 is 34.8 Å². The zero-order valence-corrected chi connectivity index (χ0v) is 13.6. The van der Waals surface area contributed by atoms with E-state index >= 15 is 0 Å². The maximum absolute atomic E-state index is 11.9. The first-order valence-corrected chi connectivity index (χ1v) is 7.11. The van der Waals surface area contributed by atoms with Gasteiger partial charge in [-0.25, -0.2) is 4.68 Å². The van der Waals surface area contributed by atoms with Crippen molar-refractivity contribution >= 4 is 40.6 Å². The first-order valence-electron chi connectivity index (χ1n) is 5.97. The second-order valence-electron chi connectivity index (χ2n) is 4.36. The molecule has 1 aromatic carbocycles. The minimum atomic E-state index is -2.04. The number of aromatic nitrogens is 3. The van der Waals surface area contributed by atoms with Crippen LogP contribution in [0.1, 0.15) is 21.7 Å². The van der Waals surface area contributed by atoms with E-state index in [2.05, 4.69) is 10.3 Å². The molecule has 1 aromatic heterocycles. The lowest BCUT2D eigenvalue weighted by molar-refractivity contribution is 0.0991. The van der Waals surface area contributed by atoms with Crippen molar-refractivity contribution in [3.05, 3.63) is 41.2 Å². The average Bonchev–Trinajstić information content (AvgIpc) is 2.79. The van der Waals surface area contributed by atoms with E-state index in [1.807, 2.05) is 24.3 Å². The molecular weight excluding hydrogens is 337 g/mol. The van der Waals surface area contributed by atoms with Gasteiger partial charge in [0.15, 0.2) is 5.69 Å². The Balaban J connectivity index is 2.22. The average molecular weight is 349 g/mol. The Hall–Kier alpha value is -1.30. The second-order valence-corrected chi connectivity index (χ2v) is 6.64. The maximum Gasteiger partial charge on any atom is 0.255 e. The number of carbonyl (C=O) groups is 1. The Bertz CT molecular complexity index is 648. The molecule has 0 aliphatic rings. The summed E-state index contributed by atoms with van der Waals surface area (Å²) in [4.78, 5) is 11.9. The van der Waals surface area contributed by atoms with Gasteiger partial charge in [0.1, 0.15) is 5.75 Å². The van der Waals surface area contributed by atoms with Gasteiger partial charge in [-0.15, -0.1) is 5.10 Å². The number of Topliss-reactive ketones (excluding diaryl/α,β-unsaturated/α-hetero) is 1. The van der Waals surface area contributed by atoms with Crippen molar-refractivity contribution < 1.29 is 9.53 Å². The first-order chi connectivity index (χ1) is 9.82. The summed E-state index contributed by atoms with van der Waals surface area (Å²) in [6.45, 7) is 2.16. The second kappa shape index (κ2) is 6.22. The maximum atomic E-state index is 11.9. The summed E-state index contributed by atoms with van der Waals surface area (Å²) in [5.74, 6) is 0.0760. The lowest BCUT2D eigenvalue weighted by atomic mass is 10.2. The highest BCUT2D eigenvalue weighted by Gasteiger charge is 2.35. The molecule has 0 spiro atoms. The van der Waals surface area contributed by atoms with Gasteiger partial charge < -0.3 is 4.74 Å². The number of carbonyl (C=O) groups excluding carboxylic acids is 1. The highest BCUT2D eigenvalue weighted by Crippen LogP contribution is 2.30.